The molecule has 3 heterocycles. The van der Waals surface area contributed by atoms with Crippen molar-refractivity contribution in [1.82, 2.24) is 25.0 Å². The lowest BCUT2D eigenvalue weighted by atomic mass is 9.50. The van der Waals surface area contributed by atoms with E-state index in [0.29, 0.717) is 39.5 Å². The molecule has 46 heavy (non-hydrogen) atoms. The smallest absolute Gasteiger partial charge is 0.416 e. The molecule has 2 bridgehead atoms. The summed E-state index contributed by atoms with van der Waals surface area (Å²) >= 11 is 5.92. The van der Waals surface area contributed by atoms with Gasteiger partial charge in [-0.2, -0.15) is 14.9 Å². The van der Waals surface area contributed by atoms with Crippen LogP contribution in [-0.2, 0) is 10.3 Å². The molecule has 13 heteroatoms. The van der Waals surface area contributed by atoms with E-state index in [4.69, 9.17) is 16.3 Å². The zero-order valence-corrected chi connectivity index (χ0v) is 26.9. The number of benzene rings is 1. The molecule has 0 aliphatic heterocycles. The summed E-state index contributed by atoms with van der Waals surface area (Å²) in [5.41, 5.74) is 2.44. The minimum atomic E-state index is -0.995. The number of pyridine rings is 2. The van der Waals surface area contributed by atoms with E-state index >= 15 is 0 Å². The molecule has 3 aliphatic rings. The second-order valence-corrected chi connectivity index (χ2v) is 13.5. The highest BCUT2D eigenvalue weighted by Gasteiger charge is 2.59. The molecule has 1 unspecified atom stereocenters. The number of aryl methyl sites for hydroxylation is 1. The third-order valence-corrected chi connectivity index (χ3v) is 9.55. The fourth-order valence-corrected chi connectivity index (χ4v) is 6.36. The molecule has 4 aromatic rings. The van der Waals surface area contributed by atoms with Gasteiger partial charge in [0.15, 0.2) is 6.07 Å². The Labute approximate surface area is 270 Å². The van der Waals surface area contributed by atoms with Gasteiger partial charge >= 0.3 is 6.09 Å². The Morgan fingerprint density at radius 3 is 2.54 bits per heavy atom. The lowest BCUT2D eigenvalue weighted by Crippen LogP contribution is -2.59. The summed E-state index contributed by atoms with van der Waals surface area (Å²) in [6.07, 6.45) is 5.45. The first-order chi connectivity index (χ1) is 21.9. The van der Waals surface area contributed by atoms with Gasteiger partial charge in [-0.25, -0.2) is 14.5 Å². The average molecular weight is 642 g/mol. The Morgan fingerprint density at radius 2 is 1.96 bits per heavy atom. The van der Waals surface area contributed by atoms with Gasteiger partial charge in [0, 0.05) is 28.9 Å². The number of nitrogens with one attached hydrogen (secondary N) is 1. The minimum absolute atomic E-state index is 0.0847. The van der Waals surface area contributed by atoms with Gasteiger partial charge in [0.25, 0.3) is 0 Å². The largest absolute Gasteiger partial charge is 0.433 e. The first-order valence-corrected chi connectivity index (χ1v) is 15.5. The monoisotopic (exact) mass is 641 g/mol. The Bertz CT molecular complexity index is 1920. The summed E-state index contributed by atoms with van der Waals surface area (Å²) in [5.74, 6) is 0.0172. The van der Waals surface area contributed by atoms with E-state index in [2.05, 4.69) is 58.5 Å². The third-order valence-electron chi connectivity index (χ3n) is 9.44. The summed E-state index contributed by atoms with van der Waals surface area (Å²) in [4.78, 5) is 23.7. The molecule has 3 aromatic heterocycles. The van der Waals surface area contributed by atoms with Gasteiger partial charge in [0.2, 0.25) is 5.95 Å². The maximum absolute atomic E-state index is 14.3. The second kappa shape index (κ2) is 11.5. The number of carbonyl (C=O) groups is 1. The maximum atomic E-state index is 14.3. The van der Waals surface area contributed by atoms with Crippen LogP contribution in [0.3, 0.4) is 0 Å². The van der Waals surface area contributed by atoms with E-state index in [1.807, 2.05) is 17.8 Å². The highest BCUT2D eigenvalue weighted by molar-refractivity contribution is 6.17. The quantitative estimate of drug-likeness (QED) is 0.164. The summed E-state index contributed by atoms with van der Waals surface area (Å²) < 4.78 is 21.5. The molecule has 0 saturated heterocycles. The van der Waals surface area contributed by atoms with Crippen molar-refractivity contribution in [3.63, 3.8) is 0 Å². The van der Waals surface area contributed by atoms with Crippen LogP contribution in [0.4, 0.5) is 20.6 Å². The zero-order chi connectivity index (χ0) is 33.0. The van der Waals surface area contributed by atoms with Crippen LogP contribution in [0, 0.1) is 46.9 Å². The Kier molecular flexibility index (Phi) is 7.81. The van der Waals surface area contributed by atoms with E-state index in [1.165, 1.54) is 23.2 Å². The van der Waals surface area contributed by atoms with Crippen molar-refractivity contribution in [3.05, 3.63) is 70.7 Å². The van der Waals surface area contributed by atoms with Gasteiger partial charge in [-0.3, -0.25) is 9.88 Å². The molecular weight excluding hydrogens is 609 g/mol. The predicted molar refractivity (Wildman–Crippen MR) is 170 cm³/mol. The standard InChI is InChI=1S/C33H33ClFN9O2/c1-18-24(6-7-27(35)39-18)30(26-16-43(42-41-26)33-10-20(11-33)12-33)44(31(45)46-17-34)23-8-21(13-36)28-25(9-23)29(22(14-37)15-38-28)40-19(2)32(3,4)5/h6-9,15-16,19-20,30H,10-12,17H2,1-5H3,(H,38,40)/t19-,20?,30?,33?/m1/s1. The fourth-order valence-electron chi connectivity index (χ4n) is 6.27. The molecule has 1 aromatic carbocycles. The average Bonchev–Trinajstić information content (AvgIpc) is 3.43. The van der Waals surface area contributed by atoms with E-state index in [-0.39, 0.29) is 33.8 Å². The van der Waals surface area contributed by atoms with E-state index in [1.54, 1.807) is 19.1 Å². The highest BCUT2D eigenvalue weighted by atomic mass is 35.5. The van der Waals surface area contributed by atoms with Crippen molar-refractivity contribution in [2.45, 2.75) is 71.5 Å². The number of hydrogen-bond acceptors (Lipinski definition) is 9. The number of carbonyl (C=O) groups excluding carboxylic acids is 1. The van der Waals surface area contributed by atoms with Crippen molar-refractivity contribution in [3.8, 4) is 12.1 Å². The van der Waals surface area contributed by atoms with Gasteiger partial charge < -0.3 is 10.1 Å². The molecule has 236 valence electrons. The van der Waals surface area contributed by atoms with Crippen LogP contribution in [0.25, 0.3) is 10.9 Å². The molecule has 11 nitrogen and oxygen atoms in total. The van der Waals surface area contributed by atoms with Crippen LogP contribution in [0.1, 0.15) is 81.1 Å². The van der Waals surface area contributed by atoms with Crippen LogP contribution < -0.4 is 10.2 Å². The number of fused-ring (bicyclic) bond motifs is 1. The number of anilines is 2. The number of hydrogen-bond donors (Lipinski definition) is 1. The first kappa shape index (κ1) is 31.2. The second-order valence-electron chi connectivity index (χ2n) is 13.3. The first-order valence-electron chi connectivity index (χ1n) is 15.0. The summed E-state index contributed by atoms with van der Waals surface area (Å²) in [6, 6.07) is 8.82. The number of nitriles is 2. The van der Waals surface area contributed by atoms with E-state index in [0.717, 1.165) is 19.3 Å². The summed E-state index contributed by atoms with van der Waals surface area (Å²) in [5, 5.41) is 33.2. The van der Waals surface area contributed by atoms with Gasteiger partial charge in [0.1, 0.15) is 23.9 Å². The topological polar surface area (TPSA) is 146 Å². The Morgan fingerprint density at radius 1 is 1.24 bits per heavy atom. The van der Waals surface area contributed by atoms with Crippen LogP contribution >= 0.6 is 11.6 Å². The van der Waals surface area contributed by atoms with E-state index < -0.39 is 24.1 Å². The number of nitrogens with zero attached hydrogens (tertiary/aromatic N) is 8. The molecule has 0 radical (unpaired) electrons. The number of alkyl halides is 1. The lowest BCUT2D eigenvalue weighted by Gasteiger charge is -2.61. The third kappa shape index (κ3) is 5.27. The number of ether oxygens (including phenoxy) is 1. The van der Waals surface area contributed by atoms with Crippen LogP contribution in [-0.4, -0.2) is 43.2 Å². The normalized spacial score (nSPS) is 19.6. The summed E-state index contributed by atoms with van der Waals surface area (Å²) in [7, 11) is 0. The van der Waals surface area contributed by atoms with Crippen molar-refractivity contribution >= 4 is 40.0 Å². The van der Waals surface area contributed by atoms with Crippen LogP contribution in [0.15, 0.2) is 36.7 Å². The van der Waals surface area contributed by atoms with Crippen LogP contribution in [0.2, 0.25) is 0 Å². The molecule has 3 saturated carbocycles. The van der Waals surface area contributed by atoms with Crippen LogP contribution in [0.5, 0.6) is 0 Å². The highest BCUT2D eigenvalue weighted by Crippen LogP contribution is 2.62. The molecule has 1 N–H and O–H groups in total. The van der Waals surface area contributed by atoms with Crippen molar-refractivity contribution in [2.24, 2.45) is 11.3 Å². The summed E-state index contributed by atoms with van der Waals surface area (Å²) in [6.45, 7) is 9.85. The number of aromatic nitrogens is 5. The number of rotatable bonds is 8. The zero-order valence-electron chi connectivity index (χ0n) is 26.2. The van der Waals surface area contributed by atoms with E-state index in [9.17, 15) is 19.7 Å². The fraction of sp³-hybridized carbons (Fsp3) is 0.424. The van der Waals surface area contributed by atoms with Crippen molar-refractivity contribution < 1.29 is 13.9 Å². The van der Waals surface area contributed by atoms with Crippen molar-refractivity contribution in [2.75, 3.05) is 16.3 Å². The molecule has 2 atom stereocenters. The Balaban J connectivity index is 1.59. The van der Waals surface area contributed by atoms with Crippen molar-refractivity contribution in [1.29, 1.82) is 10.5 Å². The predicted octanol–water partition coefficient (Wildman–Crippen LogP) is 6.70. The molecule has 1 amide bonds. The maximum Gasteiger partial charge on any atom is 0.416 e. The van der Waals surface area contributed by atoms with Gasteiger partial charge in [-0.1, -0.05) is 43.7 Å². The molecule has 3 aliphatic carbocycles. The number of amides is 1. The van der Waals surface area contributed by atoms with Gasteiger partial charge in [-0.05, 0) is 62.6 Å². The SMILES string of the molecule is Cc1nc(F)ccc1C(c1cn(C23CC(C2)C3)nn1)N(C(=O)OCCl)c1cc(C#N)c2ncc(C#N)c(N[C@H](C)C(C)(C)C)c2c1. The lowest BCUT2D eigenvalue weighted by molar-refractivity contribution is -0.0989. The molecular formula is C33H33ClFN9O2. The minimum Gasteiger partial charge on any atom is -0.433 e. The number of halogens is 2. The molecule has 0 spiro atoms. The van der Waals surface area contributed by atoms with Gasteiger partial charge in [0.05, 0.1) is 39.8 Å². The van der Waals surface area contributed by atoms with Gasteiger partial charge in [-0.15, -0.1) is 5.10 Å². The molecule has 7 rings (SSSR count). The Hall–Kier alpha value is -4.81. The molecule has 3 fully saturated rings.